The zero-order valence-electron chi connectivity index (χ0n) is 17.3. The summed E-state index contributed by atoms with van der Waals surface area (Å²) in [6, 6.07) is 17.0. The van der Waals surface area contributed by atoms with Gasteiger partial charge in [-0.1, -0.05) is 42.5 Å². The molecule has 0 aliphatic rings. The van der Waals surface area contributed by atoms with Crippen molar-refractivity contribution >= 4 is 22.2 Å². The van der Waals surface area contributed by atoms with Crippen molar-refractivity contribution in [2.75, 3.05) is 5.32 Å². The highest BCUT2D eigenvalue weighted by Crippen LogP contribution is 2.31. The molecule has 0 amide bonds. The summed E-state index contributed by atoms with van der Waals surface area (Å²) in [5.74, 6) is -2.14. The number of rotatable bonds is 7. The second-order valence-corrected chi connectivity index (χ2v) is 7.39. The summed E-state index contributed by atoms with van der Waals surface area (Å²) in [4.78, 5) is 16.0. The third kappa shape index (κ3) is 5.20. The van der Waals surface area contributed by atoms with Crippen molar-refractivity contribution in [2.24, 2.45) is 0 Å². The Bertz CT molecular complexity index is 1300. The van der Waals surface area contributed by atoms with Crippen molar-refractivity contribution in [3.63, 3.8) is 0 Å². The predicted molar refractivity (Wildman–Crippen MR) is 118 cm³/mol. The van der Waals surface area contributed by atoms with Gasteiger partial charge in [-0.15, -0.1) is 0 Å². The van der Waals surface area contributed by atoms with Crippen LogP contribution in [0.4, 0.5) is 18.9 Å². The Balaban J connectivity index is 1.60. The molecule has 2 N–H and O–H groups in total. The number of nitrogens with zero attached hydrogens (tertiary/aromatic N) is 3. The highest BCUT2D eigenvalue weighted by Gasteiger charge is 2.40. The summed E-state index contributed by atoms with van der Waals surface area (Å²) >= 11 is 0. The molecule has 0 spiro atoms. The van der Waals surface area contributed by atoms with Crippen LogP contribution in [0.2, 0.25) is 0 Å². The van der Waals surface area contributed by atoms with Gasteiger partial charge in [-0.05, 0) is 34.5 Å². The highest BCUT2D eigenvalue weighted by molar-refractivity contribution is 6.01. The normalized spacial score (nSPS) is 12.2. The maximum Gasteiger partial charge on any atom is 0.454 e. The molecular weight excluding hydrogens is 433 g/mol. The number of alkyl halides is 3. The van der Waals surface area contributed by atoms with E-state index in [-0.39, 0.29) is 17.7 Å². The maximum atomic E-state index is 13.3. The van der Waals surface area contributed by atoms with Gasteiger partial charge in [0.05, 0.1) is 6.54 Å². The minimum Gasteiger partial charge on any atom is -0.508 e. The average Bonchev–Trinajstić information content (AvgIpc) is 3.31. The van der Waals surface area contributed by atoms with E-state index in [0.717, 1.165) is 17.1 Å². The number of Topliss-reactive ketones (excluding diaryl/α,β-unsaturated/α-hetero) is 1. The van der Waals surface area contributed by atoms with Crippen LogP contribution in [0.25, 0.3) is 10.8 Å². The number of ketones is 1. The fraction of sp³-hybridized carbons (Fsp3) is 0.125. The summed E-state index contributed by atoms with van der Waals surface area (Å²) in [7, 11) is 0. The quantitative estimate of drug-likeness (QED) is 0.392. The number of benzene rings is 3. The Morgan fingerprint density at radius 3 is 2.52 bits per heavy atom. The number of halogens is 3. The summed E-state index contributed by atoms with van der Waals surface area (Å²) in [5, 5.41) is 18.4. The van der Waals surface area contributed by atoms with Gasteiger partial charge in [0.25, 0.3) is 5.78 Å². The molecule has 0 bridgehead atoms. The number of phenols is 1. The van der Waals surface area contributed by atoms with Gasteiger partial charge in [0.2, 0.25) is 0 Å². The zero-order valence-corrected chi connectivity index (χ0v) is 17.3. The van der Waals surface area contributed by atoms with E-state index in [1.165, 1.54) is 12.4 Å². The Labute approximate surface area is 187 Å². The molecule has 1 heterocycles. The van der Waals surface area contributed by atoms with Gasteiger partial charge in [0, 0.05) is 29.4 Å². The number of anilines is 1. The monoisotopic (exact) mass is 452 g/mol. The number of nitrogens with one attached hydrogen (secondary N) is 1. The van der Waals surface area contributed by atoms with Crippen LogP contribution in [-0.4, -0.2) is 31.8 Å². The third-order valence-corrected chi connectivity index (χ3v) is 5.11. The van der Waals surface area contributed by atoms with E-state index in [1.54, 1.807) is 65.6 Å². The SMILES string of the molecule is O=C(/C(=C/Nc1ccc(Cn2cncn2)cc1)Cc1c(O)ccc2ccccc12)C(F)(F)F. The van der Waals surface area contributed by atoms with Crippen LogP contribution in [0, 0.1) is 0 Å². The lowest BCUT2D eigenvalue weighted by Gasteiger charge is -2.14. The number of carbonyl (C=O) groups is 1. The largest absolute Gasteiger partial charge is 0.508 e. The lowest BCUT2D eigenvalue weighted by Crippen LogP contribution is -2.26. The second-order valence-electron chi connectivity index (χ2n) is 7.39. The van der Waals surface area contributed by atoms with Crippen molar-refractivity contribution < 1.29 is 23.1 Å². The molecule has 0 saturated carbocycles. The first-order valence-electron chi connectivity index (χ1n) is 9.99. The Morgan fingerprint density at radius 1 is 1.06 bits per heavy atom. The van der Waals surface area contributed by atoms with Crippen molar-refractivity contribution in [2.45, 2.75) is 19.1 Å². The van der Waals surface area contributed by atoms with Crippen molar-refractivity contribution in [1.82, 2.24) is 14.8 Å². The molecule has 0 aliphatic carbocycles. The molecule has 0 aliphatic heterocycles. The fourth-order valence-electron chi connectivity index (χ4n) is 3.46. The van der Waals surface area contributed by atoms with Crippen molar-refractivity contribution in [1.29, 1.82) is 0 Å². The van der Waals surface area contributed by atoms with Gasteiger partial charge >= 0.3 is 6.18 Å². The third-order valence-electron chi connectivity index (χ3n) is 5.11. The molecule has 0 radical (unpaired) electrons. The van der Waals surface area contributed by atoms with E-state index in [4.69, 9.17) is 0 Å². The highest BCUT2D eigenvalue weighted by atomic mass is 19.4. The first-order valence-corrected chi connectivity index (χ1v) is 9.99. The van der Waals surface area contributed by atoms with Crippen LogP contribution in [0.3, 0.4) is 0 Å². The standard InChI is InChI=1S/C24H19F3N4O2/c25-24(26,27)23(33)18(11-21-20-4-2-1-3-17(20)7-10-22(21)32)12-29-19-8-5-16(6-9-19)13-31-15-28-14-30-31/h1-10,12,14-15,29,32H,11,13H2/b18-12+. The first kappa shape index (κ1) is 22.1. The molecule has 1 aromatic heterocycles. The smallest absolute Gasteiger partial charge is 0.454 e. The number of phenolic OH excluding ortho intramolecular Hbond substituents is 1. The van der Waals surface area contributed by atoms with E-state index >= 15 is 0 Å². The van der Waals surface area contributed by atoms with E-state index in [0.29, 0.717) is 17.6 Å². The van der Waals surface area contributed by atoms with Crippen LogP contribution < -0.4 is 5.32 Å². The molecule has 33 heavy (non-hydrogen) atoms. The van der Waals surface area contributed by atoms with Gasteiger partial charge in [-0.2, -0.15) is 18.3 Å². The molecule has 168 valence electrons. The van der Waals surface area contributed by atoms with Crippen LogP contribution in [-0.2, 0) is 17.8 Å². The zero-order chi connectivity index (χ0) is 23.4. The Kier molecular flexibility index (Phi) is 6.12. The molecule has 9 heteroatoms. The van der Waals surface area contributed by atoms with E-state index < -0.39 is 17.5 Å². The molecular formula is C24H19F3N4O2. The summed E-state index contributed by atoms with van der Waals surface area (Å²) in [5.41, 5.74) is 1.16. The maximum absolute atomic E-state index is 13.3. The van der Waals surface area contributed by atoms with Crippen LogP contribution >= 0.6 is 0 Å². The Morgan fingerprint density at radius 2 is 1.82 bits per heavy atom. The van der Waals surface area contributed by atoms with Crippen molar-refractivity contribution in [3.05, 3.63) is 96.2 Å². The van der Waals surface area contributed by atoms with Crippen LogP contribution in [0.5, 0.6) is 5.75 Å². The molecule has 0 atom stereocenters. The number of aromatic nitrogens is 3. The summed E-state index contributed by atoms with van der Waals surface area (Å²) in [6.45, 7) is 0.494. The van der Waals surface area contributed by atoms with Gasteiger partial charge in [-0.25, -0.2) is 9.67 Å². The number of aromatic hydroxyl groups is 1. The minimum absolute atomic E-state index is 0.174. The minimum atomic E-state index is -5.05. The van der Waals surface area contributed by atoms with Crippen LogP contribution in [0.1, 0.15) is 11.1 Å². The van der Waals surface area contributed by atoms with Crippen LogP contribution in [0.15, 0.2) is 85.1 Å². The van der Waals surface area contributed by atoms with E-state index in [2.05, 4.69) is 15.4 Å². The topological polar surface area (TPSA) is 80.0 Å². The average molecular weight is 452 g/mol. The van der Waals surface area contributed by atoms with E-state index in [9.17, 15) is 23.1 Å². The fourth-order valence-corrected chi connectivity index (χ4v) is 3.46. The molecule has 0 fully saturated rings. The summed E-state index contributed by atoms with van der Waals surface area (Å²) in [6.07, 6.45) is -1.39. The number of allylic oxidation sites excluding steroid dienone is 1. The molecule has 0 unspecified atom stereocenters. The molecule has 0 saturated heterocycles. The second kappa shape index (κ2) is 9.15. The van der Waals surface area contributed by atoms with Gasteiger partial charge in [0.1, 0.15) is 18.4 Å². The number of hydrogen-bond donors (Lipinski definition) is 2. The number of hydrogen-bond acceptors (Lipinski definition) is 5. The Hall–Kier alpha value is -4.14. The molecule has 4 rings (SSSR count). The summed E-state index contributed by atoms with van der Waals surface area (Å²) < 4.78 is 41.5. The number of carbonyl (C=O) groups excluding carboxylic acids is 1. The van der Waals surface area contributed by atoms with Gasteiger partial charge in [-0.3, -0.25) is 4.79 Å². The first-order chi connectivity index (χ1) is 15.8. The predicted octanol–water partition coefficient (Wildman–Crippen LogP) is 4.86. The molecule has 3 aromatic carbocycles. The van der Waals surface area contributed by atoms with E-state index in [1.807, 2.05) is 0 Å². The number of fused-ring (bicyclic) bond motifs is 1. The lowest BCUT2D eigenvalue weighted by atomic mass is 9.95. The van der Waals surface area contributed by atoms with Gasteiger partial charge in [0.15, 0.2) is 0 Å². The van der Waals surface area contributed by atoms with Crippen molar-refractivity contribution in [3.8, 4) is 5.75 Å². The molecule has 4 aromatic rings. The van der Waals surface area contributed by atoms with Gasteiger partial charge < -0.3 is 10.4 Å². The lowest BCUT2D eigenvalue weighted by molar-refractivity contribution is -0.166. The molecule has 6 nitrogen and oxygen atoms in total.